The second kappa shape index (κ2) is 4.16. The lowest BCUT2D eigenvalue weighted by atomic mass is 10.1. The van der Waals surface area contributed by atoms with E-state index < -0.39 is 0 Å². The Kier molecular flexibility index (Phi) is 2.77. The summed E-state index contributed by atoms with van der Waals surface area (Å²) in [6, 6.07) is 0.382. The zero-order valence-electron chi connectivity index (χ0n) is 10.2. The maximum absolute atomic E-state index is 11.8. The minimum atomic E-state index is -0.0338. The predicted octanol–water partition coefficient (Wildman–Crippen LogP) is 1.25. The molecule has 2 amide bonds. The summed E-state index contributed by atoms with van der Waals surface area (Å²) in [6.07, 6.45) is 7.20. The molecule has 0 heterocycles. The molecule has 17 heavy (non-hydrogen) atoms. The lowest BCUT2D eigenvalue weighted by Gasteiger charge is -2.19. The monoisotopic (exact) mass is 238 g/mol. The van der Waals surface area contributed by atoms with E-state index in [1.54, 1.807) is 0 Å². The highest BCUT2D eigenvalue weighted by Gasteiger charge is 2.44. The number of aliphatic hydroxyl groups excluding tert-OH is 1. The van der Waals surface area contributed by atoms with Crippen LogP contribution in [0.3, 0.4) is 0 Å². The highest BCUT2D eigenvalue weighted by molar-refractivity contribution is 5.74. The van der Waals surface area contributed by atoms with Crippen molar-refractivity contribution in [3.63, 3.8) is 0 Å². The van der Waals surface area contributed by atoms with Crippen molar-refractivity contribution in [1.82, 2.24) is 10.6 Å². The van der Waals surface area contributed by atoms with Gasteiger partial charge in [-0.15, -0.1) is 0 Å². The normalized spacial score (nSPS) is 25.8. The first-order valence-electron chi connectivity index (χ1n) is 6.88. The Morgan fingerprint density at radius 2 is 1.82 bits per heavy atom. The van der Waals surface area contributed by atoms with Gasteiger partial charge in [-0.3, -0.25) is 0 Å². The van der Waals surface area contributed by atoms with E-state index in [2.05, 4.69) is 10.6 Å². The summed E-state index contributed by atoms with van der Waals surface area (Å²) < 4.78 is 0. The molecule has 4 heteroatoms. The van der Waals surface area contributed by atoms with Crippen LogP contribution >= 0.6 is 0 Å². The highest BCUT2D eigenvalue weighted by Crippen LogP contribution is 2.45. The maximum Gasteiger partial charge on any atom is 0.315 e. The number of nitrogens with one attached hydrogen (secondary N) is 2. The molecule has 0 aromatic heterocycles. The number of aliphatic hydroxyl groups is 1. The van der Waals surface area contributed by atoms with Gasteiger partial charge in [0, 0.05) is 18.0 Å². The maximum atomic E-state index is 11.8. The minimum absolute atomic E-state index is 0.00595. The molecule has 3 fully saturated rings. The van der Waals surface area contributed by atoms with Crippen LogP contribution in [-0.2, 0) is 0 Å². The quantitative estimate of drug-likeness (QED) is 0.652. The van der Waals surface area contributed by atoms with E-state index in [-0.39, 0.29) is 18.1 Å². The summed E-state index contributed by atoms with van der Waals surface area (Å²) in [4.78, 5) is 11.8. The topological polar surface area (TPSA) is 61.4 Å². The second-order valence-corrected chi connectivity index (χ2v) is 6.19. The van der Waals surface area contributed by atoms with Crippen molar-refractivity contribution in [3.05, 3.63) is 0 Å². The Morgan fingerprint density at radius 1 is 1.24 bits per heavy atom. The van der Waals surface area contributed by atoms with Gasteiger partial charge in [0.25, 0.3) is 0 Å². The van der Waals surface area contributed by atoms with Crippen molar-refractivity contribution in [2.75, 3.05) is 13.2 Å². The largest absolute Gasteiger partial charge is 0.396 e. The molecule has 3 saturated carbocycles. The minimum Gasteiger partial charge on any atom is -0.396 e. The van der Waals surface area contributed by atoms with Crippen LogP contribution in [-0.4, -0.2) is 30.3 Å². The van der Waals surface area contributed by atoms with E-state index in [9.17, 15) is 9.90 Å². The predicted molar refractivity (Wildman–Crippen MR) is 64.5 cm³/mol. The summed E-state index contributed by atoms with van der Waals surface area (Å²) in [5, 5.41) is 15.2. The van der Waals surface area contributed by atoms with Crippen molar-refractivity contribution < 1.29 is 9.90 Å². The molecule has 0 spiro atoms. The average Bonchev–Trinajstić information content (AvgIpc) is 3.16. The SMILES string of the molecule is O=C(NCC1(CO)CC1)NC(C1CC1)C1CC1. The van der Waals surface area contributed by atoms with Crippen molar-refractivity contribution >= 4 is 6.03 Å². The highest BCUT2D eigenvalue weighted by atomic mass is 16.3. The van der Waals surface area contributed by atoms with Crippen molar-refractivity contribution in [1.29, 1.82) is 0 Å². The Hall–Kier alpha value is -0.770. The number of amides is 2. The van der Waals surface area contributed by atoms with Gasteiger partial charge in [0.2, 0.25) is 0 Å². The van der Waals surface area contributed by atoms with Gasteiger partial charge < -0.3 is 15.7 Å². The van der Waals surface area contributed by atoms with Gasteiger partial charge in [0.15, 0.2) is 0 Å². The van der Waals surface area contributed by atoms with Gasteiger partial charge in [0.05, 0.1) is 6.61 Å². The van der Waals surface area contributed by atoms with E-state index in [0.717, 1.165) is 24.7 Å². The lowest BCUT2D eigenvalue weighted by molar-refractivity contribution is 0.201. The molecule has 0 saturated heterocycles. The molecule has 3 N–H and O–H groups in total. The van der Waals surface area contributed by atoms with Crippen LogP contribution in [0.15, 0.2) is 0 Å². The number of hydrogen-bond acceptors (Lipinski definition) is 2. The molecule has 0 atom stereocenters. The molecule has 0 radical (unpaired) electrons. The van der Waals surface area contributed by atoms with Gasteiger partial charge in [-0.25, -0.2) is 4.79 Å². The first kappa shape index (κ1) is 11.3. The van der Waals surface area contributed by atoms with E-state index in [4.69, 9.17) is 0 Å². The second-order valence-electron chi connectivity index (χ2n) is 6.19. The van der Waals surface area contributed by atoms with Crippen molar-refractivity contribution in [2.45, 2.75) is 44.6 Å². The summed E-state index contributed by atoms with van der Waals surface area (Å²) in [5.74, 6) is 1.47. The Balaban J connectivity index is 1.42. The fraction of sp³-hybridized carbons (Fsp3) is 0.923. The molecule has 96 valence electrons. The van der Waals surface area contributed by atoms with Crippen LogP contribution in [0, 0.1) is 17.3 Å². The summed E-state index contributed by atoms with van der Waals surface area (Å²) >= 11 is 0. The fourth-order valence-corrected chi connectivity index (χ4v) is 2.57. The van der Waals surface area contributed by atoms with Crippen LogP contribution in [0.5, 0.6) is 0 Å². The Labute approximate surface area is 102 Å². The summed E-state index contributed by atoms with van der Waals surface area (Å²) in [6.45, 7) is 0.819. The third-order valence-corrected chi connectivity index (χ3v) is 4.47. The number of carbonyl (C=O) groups is 1. The Morgan fingerprint density at radius 3 is 2.24 bits per heavy atom. The first-order valence-corrected chi connectivity index (χ1v) is 6.88. The van der Waals surface area contributed by atoms with Gasteiger partial charge in [0.1, 0.15) is 0 Å². The van der Waals surface area contributed by atoms with E-state index in [0.29, 0.717) is 12.6 Å². The van der Waals surface area contributed by atoms with Gasteiger partial charge in [-0.05, 0) is 50.4 Å². The molecule has 0 bridgehead atoms. The molecule has 3 rings (SSSR count). The molecule has 0 aliphatic heterocycles. The zero-order chi connectivity index (χ0) is 11.9. The van der Waals surface area contributed by atoms with Crippen molar-refractivity contribution in [3.8, 4) is 0 Å². The van der Waals surface area contributed by atoms with Crippen LogP contribution in [0.1, 0.15) is 38.5 Å². The zero-order valence-corrected chi connectivity index (χ0v) is 10.2. The number of rotatable bonds is 6. The van der Waals surface area contributed by atoms with E-state index >= 15 is 0 Å². The molecular formula is C13H22N2O2. The average molecular weight is 238 g/mol. The standard InChI is InChI=1S/C13H22N2O2/c16-8-13(5-6-13)7-14-12(17)15-11(9-1-2-9)10-3-4-10/h9-11,16H,1-8H2,(H2,14,15,17). The molecule has 0 aromatic carbocycles. The first-order chi connectivity index (χ1) is 8.22. The molecule has 4 nitrogen and oxygen atoms in total. The lowest BCUT2D eigenvalue weighted by Crippen LogP contribution is -2.46. The van der Waals surface area contributed by atoms with Crippen molar-refractivity contribution in [2.24, 2.45) is 17.3 Å². The van der Waals surface area contributed by atoms with Crippen LogP contribution < -0.4 is 10.6 Å². The smallest absolute Gasteiger partial charge is 0.315 e. The number of hydrogen-bond donors (Lipinski definition) is 3. The third kappa shape index (κ3) is 2.73. The van der Waals surface area contributed by atoms with E-state index in [1.807, 2.05) is 0 Å². The van der Waals surface area contributed by atoms with Gasteiger partial charge in [-0.2, -0.15) is 0 Å². The van der Waals surface area contributed by atoms with Gasteiger partial charge in [-0.1, -0.05) is 0 Å². The Bertz CT molecular complexity index is 295. The molecule has 0 aromatic rings. The third-order valence-electron chi connectivity index (χ3n) is 4.47. The molecular weight excluding hydrogens is 216 g/mol. The molecule has 3 aliphatic carbocycles. The summed E-state index contributed by atoms with van der Waals surface area (Å²) in [5.41, 5.74) is 0.00595. The van der Waals surface area contributed by atoms with Crippen LogP contribution in [0.4, 0.5) is 4.79 Å². The summed E-state index contributed by atoms with van der Waals surface area (Å²) in [7, 11) is 0. The van der Waals surface area contributed by atoms with Gasteiger partial charge >= 0.3 is 6.03 Å². The molecule has 0 unspecified atom stereocenters. The van der Waals surface area contributed by atoms with Crippen LogP contribution in [0.2, 0.25) is 0 Å². The number of urea groups is 1. The molecule has 3 aliphatic rings. The number of carbonyl (C=O) groups excluding carboxylic acids is 1. The van der Waals surface area contributed by atoms with Crippen LogP contribution in [0.25, 0.3) is 0 Å². The van der Waals surface area contributed by atoms with E-state index in [1.165, 1.54) is 25.7 Å². The fourth-order valence-electron chi connectivity index (χ4n) is 2.57.